The first-order chi connectivity index (χ1) is 17.9. The molecule has 0 bridgehead atoms. The molecule has 0 radical (unpaired) electrons. The Labute approximate surface area is 209 Å². The topological polar surface area (TPSA) is 110 Å². The Kier molecular flexibility index (Phi) is 8.04. The largest absolute Gasteiger partial charge is 0.396 e. The Hall–Kier alpha value is -4.38. The van der Waals surface area contributed by atoms with Gasteiger partial charge < -0.3 is 10.4 Å². The Balaban J connectivity index is 1.52. The highest BCUT2D eigenvalue weighted by molar-refractivity contribution is 5.93. The summed E-state index contributed by atoms with van der Waals surface area (Å²) < 4.78 is 41.7. The number of aliphatic hydroxyl groups excluding tert-OH is 1. The molecule has 0 aliphatic carbocycles. The number of hydrogen-bond donors (Lipinski definition) is 2. The van der Waals surface area contributed by atoms with Gasteiger partial charge in [0.1, 0.15) is 0 Å². The quantitative estimate of drug-likeness (QED) is 0.265. The van der Waals surface area contributed by atoms with Gasteiger partial charge in [-0.1, -0.05) is 18.2 Å². The maximum Gasteiger partial charge on any atom is 0.267 e. The van der Waals surface area contributed by atoms with E-state index in [1.165, 1.54) is 24.5 Å². The van der Waals surface area contributed by atoms with Crippen molar-refractivity contribution in [3.63, 3.8) is 0 Å². The molecule has 37 heavy (non-hydrogen) atoms. The molecule has 1 amide bonds. The van der Waals surface area contributed by atoms with E-state index in [1.54, 1.807) is 24.3 Å². The van der Waals surface area contributed by atoms with Crippen molar-refractivity contribution in [1.82, 2.24) is 25.1 Å². The number of halogens is 3. The van der Waals surface area contributed by atoms with Gasteiger partial charge >= 0.3 is 0 Å². The summed E-state index contributed by atoms with van der Waals surface area (Å²) in [6.07, 6.45) is 4.08. The van der Waals surface area contributed by atoms with Crippen molar-refractivity contribution in [1.29, 1.82) is 0 Å². The van der Waals surface area contributed by atoms with E-state index in [4.69, 9.17) is 5.11 Å². The van der Waals surface area contributed by atoms with Gasteiger partial charge in [0.15, 0.2) is 23.3 Å². The maximum absolute atomic E-state index is 13.7. The predicted octanol–water partition coefficient (Wildman–Crippen LogP) is 3.34. The molecule has 4 aromatic rings. The highest BCUT2D eigenvalue weighted by Gasteiger charge is 2.14. The lowest BCUT2D eigenvalue weighted by atomic mass is 10.1. The van der Waals surface area contributed by atoms with Crippen LogP contribution in [0.15, 0.2) is 65.7 Å². The van der Waals surface area contributed by atoms with Crippen molar-refractivity contribution in [3.05, 3.63) is 99.9 Å². The molecule has 0 saturated heterocycles. The first kappa shape index (κ1) is 25.7. The van der Waals surface area contributed by atoms with Crippen molar-refractivity contribution in [2.45, 2.75) is 19.4 Å². The van der Waals surface area contributed by atoms with E-state index < -0.39 is 23.0 Å². The summed E-state index contributed by atoms with van der Waals surface area (Å²) >= 11 is 0. The molecule has 0 aliphatic heterocycles. The van der Waals surface area contributed by atoms with Gasteiger partial charge in [-0.05, 0) is 42.7 Å². The fraction of sp³-hybridized carbons (Fsp3) is 0.192. The first-order valence-electron chi connectivity index (χ1n) is 11.4. The lowest BCUT2D eigenvalue weighted by Gasteiger charge is -2.09. The monoisotopic (exact) mass is 509 g/mol. The van der Waals surface area contributed by atoms with Crippen LogP contribution in [0.25, 0.3) is 22.6 Å². The van der Waals surface area contributed by atoms with E-state index in [0.717, 1.165) is 16.8 Å². The second kappa shape index (κ2) is 11.6. The predicted molar refractivity (Wildman–Crippen MR) is 129 cm³/mol. The van der Waals surface area contributed by atoms with Gasteiger partial charge in [0.2, 0.25) is 0 Å². The molecule has 11 heteroatoms. The lowest BCUT2D eigenvalue weighted by molar-refractivity contribution is 0.0951. The number of aliphatic hydroxyl groups is 1. The molecule has 0 atom stereocenters. The molecule has 2 N–H and O–H groups in total. The zero-order valence-electron chi connectivity index (χ0n) is 19.5. The second-order valence-corrected chi connectivity index (χ2v) is 8.15. The fourth-order valence-corrected chi connectivity index (χ4v) is 3.54. The molecule has 8 nitrogen and oxygen atoms in total. The van der Waals surface area contributed by atoms with Gasteiger partial charge in [0, 0.05) is 42.7 Å². The van der Waals surface area contributed by atoms with Crippen LogP contribution in [-0.2, 0) is 6.54 Å². The Morgan fingerprint density at radius 3 is 2.38 bits per heavy atom. The number of amides is 1. The third-order valence-electron chi connectivity index (χ3n) is 5.45. The normalized spacial score (nSPS) is 10.9. The maximum atomic E-state index is 13.7. The van der Waals surface area contributed by atoms with Crippen LogP contribution in [-0.4, -0.2) is 43.9 Å². The molecule has 190 valence electrons. The smallest absolute Gasteiger partial charge is 0.267 e. The molecule has 0 spiro atoms. The van der Waals surface area contributed by atoms with Crippen LogP contribution in [0.5, 0.6) is 0 Å². The van der Waals surface area contributed by atoms with E-state index in [2.05, 4.69) is 20.4 Å². The van der Waals surface area contributed by atoms with Gasteiger partial charge in [0.05, 0.1) is 17.8 Å². The molecule has 0 fully saturated rings. The zero-order chi connectivity index (χ0) is 26.4. The molecule has 0 unspecified atom stereocenters. The molecule has 2 aromatic heterocycles. The minimum absolute atomic E-state index is 0.00942. The van der Waals surface area contributed by atoms with Crippen LogP contribution in [0.1, 0.15) is 28.8 Å². The number of aromatic nitrogens is 4. The number of unbranched alkanes of at least 4 members (excludes halogenated alkanes) is 1. The van der Waals surface area contributed by atoms with E-state index in [9.17, 15) is 22.8 Å². The van der Waals surface area contributed by atoms with Crippen molar-refractivity contribution in [3.8, 4) is 22.6 Å². The summed E-state index contributed by atoms with van der Waals surface area (Å²) in [7, 11) is 0. The van der Waals surface area contributed by atoms with E-state index >= 15 is 0 Å². The van der Waals surface area contributed by atoms with Gasteiger partial charge in [-0.15, -0.1) is 0 Å². The average molecular weight is 509 g/mol. The fourth-order valence-electron chi connectivity index (χ4n) is 3.54. The van der Waals surface area contributed by atoms with Gasteiger partial charge in [-0.3, -0.25) is 9.59 Å². The van der Waals surface area contributed by atoms with Gasteiger partial charge in [-0.2, -0.15) is 5.10 Å². The summed E-state index contributed by atoms with van der Waals surface area (Å²) in [5, 5.41) is 15.7. The van der Waals surface area contributed by atoms with Crippen LogP contribution in [0.4, 0.5) is 13.2 Å². The highest BCUT2D eigenvalue weighted by Crippen LogP contribution is 2.22. The molecule has 4 rings (SSSR count). The van der Waals surface area contributed by atoms with Crippen molar-refractivity contribution in [2.75, 3.05) is 13.2 Å². The standard InChI is InChI=1S/C26H22F3N5O3/c27-20-11-18(12-21(28)24(20)29)22-6-7-23(36)34(33-22)15-16-4-3-5-17(10-16)25-31-13-19(14-32-25)26(37)30-8-1-2-9-35/h3-7,10-14,35H,1-2,8-9,15H2,(H,30,37). The zero-order valence-corrected chi connectivity index (χ0v) is 19.5. The van der Waals surface area contributed by atoms with Crippen LogP contribution in [0, 0.1) is 17.5 Å². The van der Waals surface area contributed by atoms with Crippen molar-refractivity contribution >= 4 is 5.91 Å². The molecule has 0 saturated carbocycles. The van der Waals surface area contributed by atoms with Crippen molar-refractivity contribution < 1.29 is 23.1 Å². The summed E-state index contributed by atoms with van der Waals surface area (Å²) in [6, 6.07) is 11.2. The SMILES string of the molecule is O=C(NCCCCO)c1cnc(-c2cccc(Cn3nc(-c4cc(F)c(F)c(F)c4)ccc3=O)c2)nc1. The number of nitrogens with zero attached hydrogens (tertiary/aromatic N) is 4. The molecule has 2 heterocycles. The number of benzene rings is 2. The molecule has 0 aliphatic rings. The highest BCUT2D eigenvalue weighted by atomic mass is 19.2. The van der Waals surface area contributed by atoms with E-state index in [0.29, 0.717) is 41.9 Å². The van der Waals surface area contributed by atoms with Crippen LogP contribution in [0.3, 0.4) is 0 Å². The minimum Gasteiger partial charge on any atom is -0.396 e. The number of hydrogen-bond acceptors (Lipinski definition) is 6. The van der Waals surface area contributed by atoms with Crippen LogP contribution >= 0.6 is 0 Å². The van der Waals surface area contributed by atoms with Crippen molar-refractivity contribution in [2.24, 2.45) is 0 Å². The summed E-state index contributed by atoms with van der Waals surface area (Å²) in [4.78, 5) is 33.1. The Morgan fingerprint density at radius 1 is 0.946 bits per heavy atom. The Bertz CT molecular complexity index is 1450. The first-order valence-corrected chi connectivity index (χ1v) is 11.4. The van der Waals surface area contributed by atoms with E-state index in [1.807, 2.05) is 0 Å². The lowest BCUT2D eigenvalue weighted by Crippen LogP contribution is -2.24. The summed E-state index contributed by atoms with van der Waals surface area (Å²) in [6.45, 7) is 0.543. The average Bonchev–Trinajstić information content (AvgIpc) is 2.91. The summed E-state index contributed by atoms with van der Waals surface area (Å²) in [5.41, 5.74) is 1.26. The van der Waals surface area contributed by atoms with Gasteiger partial charge in [-0.25, -0.2) is 27.8 Å². The van der Waals surface area contributed by atoms with Crippen LogP contribution in [0.2, 0.25) is 0 Å². The van der Waals surface area contributed by atoms with Crippen LogP contribution < -0.4 is 10.9 Å². The third-order valence-corrected chi connectivity index (χ3v) is 5.45. The number of carbonyl (C=O) groups is 1. The molecule has 2 aromatic carbocycles. The van der Waals surface area contributed by atoms with E-state index in [-0.39, 0.29) is 30.3 Å². The third kappa shape index (κ3) is 6.25. The minimum atomic E-state index is -1.58. The second-order valence-electron chi connectivity index (χ2n) is 8.15. The molecular formula is C26H22F3N5O3. The Morgan fingerprint density at radius 2 is 1.68 bits per heavy atom. The summed E-state index contributed by atoms with van der Waals surface area (Å²) in [5.74, 6) is -4.24. The van der Waals surface area contributed by atoms with Gasteiger partial charge in [0.25, 0.3) is 11.5 Å². The molecular weight excluding hydrogens is 487 g/mol. The number of carbonyl (C=O) groups excluding carboxylic acids is 1. The number of nitrogens with one attached hydrogen (secondary N) is 1. The number of rotatable bonds is 9.